The van der Waals surface area contributed by atoms with Crippen LogP contribution in [0.1, 0.15) is 32.7 Å². The topological polar surface area (TPSA) is 104 Å². The molecule has 2 aliphatic rings. The van der Waals surface area contributed by atoms with E-state index in [1.165, 1.54) is 0 Å². The maximum atomic E-state index is 9.81. The number of piperazine rings is 1. The van der Waals surface area contributed by atoms with Gasteiger partial charge in [-0.25, -0.2) is 19.9 Å². The molecule has 0 saturated carbocycles. The van der Waals surface area contributed by atoms with Crippen molar-refractivity contribution in [3.8, 4) is 0 Å². The molecule has 1 N–H and O–H groups in total. The average molecular weight is 400 g/mol. The van der Waals surface area contributed by atoms with Crippen LogP contribution in [0.15, 0.2) is 18.6 Å². The first-order chi connectivity index (χ1) is 13.9. The van der Waals surface area contributed by atoms with Gasteiger partial charge in [0.05, 0.1) is 18.8 Å². The first-order valence-corrected chi connectivity index (χ1v) is 9.99. The minimum absolute atomic E-state index is 0.200. The van der Waals surface area contributed by atoms with Crippen molar-refractivity contribution in [2.75, 3.05) is 60.6 Å². The number of aliphatic hydroxyl groups is 1. The van der Waals surface area contributed by atoms with Crippen molar-refractivity contribution in [1.82, 2.24) is 24.9 Å². The van der Waals surface area contributed by atoms with Gasteiger partial charge >= 0.3 is 0 Å². The first kappa shape index (κ1) is 19.7. The number of aliphatic hydroxyl groups excluding tert-OH is 1. The van der Waals surface area contributed by atoms with Gasteiger partial charge in [0.1, 0.15) is 18.2 Å². The molecule has 2 aromatic heterocycles. The number of hydrogen-bond donors (Lipinski definition) is 1. The summed E-state index contributed by atoms with van der Waals surface area (Å²) in [5.41, 5.74) is -0.200. The fraction of sp³-hybridized carbons (Fsp3) is 0.632. The molecule has 2 fully saturated rings. The van der Waals surface area contributed by atoms with Crippen LogP contribution in [0.25, 0.3) is 0 Å². The molecule has 4 rings (SSSR count). The van der Waals surface area contributed by atoms with Gasteiger partial charge in [-0.3, -0.25) is 0 Å². The third kappa shape index (κ3) is 4.23. The molecule has 0 bridgehead atoms. The van der Waals surface area contributed by atoms with Gasteiger partial charge in [0, 0.05) is 38.9 Å². The summed E-state index contributed by atoms with van der Waals surface area (Å²) < 4.78 is 5.42. The number of anilines is 3. The van der Waals surface area contributed by atoms with E-state index in [0.717, 1.165) is 38.5 Å². The predicted molar refractivity (Wildman–Crippen MR) is 109 cm³/mol. The molecule has 10 heteroatoms. The summed E-state index contributed by atoms with van der Waals surface area (Å²) in [6.07, 6.45) is 2.60. The normalized spacial score (nSPS) is 20.6. The van der Waals surface area contributed by atoms with Gasteiger partial charge < -0.3 is 24.5 Å². The largest absolute Gasteiger partial charge is 0.385 e. The highest BCUT2D eigenvalue weighted by atomic mass is 16.5. The Hall–Kier alpha value is -2.59. The van der Waals surface area contributed by atoms with Crippen LogP contribution in [0.2, 0.25) is 0 Å². The summed E-state index contributed by atoms with van der Waals surface area (Å²) >= 11 is 0. The molecule has 1 atom stereocenters. The Bertz CT molecular complexity index is 840. The fourth-order valence-electron chi connectivity index (χ4n) is 3.81. The van der Waals surface area contributed by atoms with Gasteiger partial charge in [0.15, 0.2) is 5.82 Å². The average Bonchev–Trinajstić information content (AvgIpc) is 2.74. The zero-order valence-electron chi connectivity index (χ0n) is 17.2. The van der Waals surface area contributed by atoms with Gasteiger partial charge in [-0.15, -0.1) is 0 Å². The van der Waals surface area contributed by atoms with Gasteiger partial charge in [-0.1, -0.05) is 0 Å². The van der Waals surface area contributed by atoms with Crippen LogP contribution in [0, 0.1) is 0 Å². The van der Waals surface area contributed by atoms with Crippen LogP contribution in [0.4, 0.5) is 17.7 Å². The fourth-order valence-corrected chi connectivity index (χ4v) is 3.81. The predicted octanol–water partition coefficient (Wildman–Crippen LogP) is 0.657. The molecule has 156 valence electrons. The summed E-state index contributed by atoms with van der Waals surface area (Å²) in [6.45, 7) is 11.3. The first-order valence-electron chi connectivity index (χ1n) is 9.99. The van der Waals surface area contributed by atoms with E-state index >= 15 is 0 Å². The Morgan fingerprint density at radius 3 is 2.41 bits per heavy atom. The van der Waals surface area contributed by atoms with Crippen LogP contribution in [0.5, 0.6) is 0 Å². The van der Waals surface area contributed by atoms with E-state index in [4.69, 9.17) is 9.72 Å². The molecule has 0 aromatic carbocycles. The molecule has 0 amide bonds. The molecule has 29 heavy (non-hydrogen) atoms. The smallest absolute Gasteiger partial charge is 0.230 e. The Balaban J connectivity index is 1.51. The van der Waals surface area contributed by atoms with E-state index in [0.29, 0.717) is 30.9 Å². The van der Waals surface area contributed by atoms with Crippen molar-refractivity contribution in [2.45, 2.75) is 32.4 Å². The molecule has 0 radical (unpaired) electrons. The van der Waals surface area contributed by atoms with Gasteiger partial charge in [0.2, 0.25) is 11.9 Å². The van der Waals surface area contributed by atoms with E-state index in [1.54, 1.807) is 19.4 Å². The van der Waals surface area contributed by atoms with Crippen molar-refractivity contribution in [2.24, 2.45) is 0 Å². The lowest BCUT2D eigenvalue weighted by Crippen LogP contribution is -2.60. The van der Waals surface area contributed by atoms with Crippen molar-refractivity contribution in [3.05, 3.63) is 24.4 Å². The Labute approximate surface area is 170 Å². The summed E-state index contributed by atoms with van der Waals surface area (Å²) in [6, 6.07) is 1.89. The number of aromatic nitrogens is 5. The molecule has 0 aliphatic carbocycles. The summed E-state index contributed by atoms with van der Waals surface area (Å²) in [5.74, 6) is 2.66. The van der Waals surface area contributed by atoms with Crippen molar-refractivity contribution < 1.29 is 9.84 Å². The Morgan fingerprint density at radius 1 is 1.00 bits per heavy atom. The van der Waals surface area contributed by atoms with Crippen LogP contribution < -0.4 is 14.7 Å². The van der Waals surface area contributed by atoms with Crippen molar-refractivity contribution >= 4 is 17.7 Å². The molecule has 0 spiro atoms. The summed E-state index contributed by atoms with van der Waals surface area (Å²) in [4.78, 5) is 28.8. The molecular weight excluding hydrogens is 372 g/mol. The minimum Gasteiger partial charge on any atom is -0.385 e. The van der Waals surface area contributed by atoms with Crippen LogP contribution in [-0.4, -0.2) is 81.5 Å². The number of ether oxygens (including phenoxy) is 1. The van der Waals surface area contributed by atoms with Crippen LogP contribution in [0.3, 0.4) is 0 Å². The van der Waals surface area contributed by atoms with E-state index in [9.17, 15) is 5.11 Å². The van der Waals surface area contributed by atoms with Gasteiger partial charge in [-0.2, -0.15) is 4.98 Å². The van der Waals surface area contributed by atoms with E-state index in [-0.39, 0.29) is 5.54 Å². The van der Waals surface area contributed by atoms with Gasteiger partial charge in [-0.05, 0) is 26.8 Å². The standard InChI is InChI=1S/C19H28N8O2/c1-14(28)16-20-5-4-15(23-16)27-7-6-26(12-19(27,2)3)18-22-13-21-17(24-18)25-8-10-29-11-9-25/h4-5,13-14,28H,6-12H2,1-3H3. The van der Waals surface area contributed by atoms with E-state index < -0.39 is 6.10 Å². The van der Waals surface area contributed by atoms with E-state index in [1.807, 2.05) is 6.07 Å². The third-order valence-electron chi connectivity index (χ3n) is 5.33. The third-order valence-corrected chi connectivity index (χ3v) is 5.33. The number of nitrogens with zero attached hydrogens (tertiary/aromatic N) is 8. The SMILES string of the molecule is CC(O)c1nccc(N2CCN(c3ncnc(N4CCOCC4)n3)CC2(C)C)n1. The van der Waals surface area contributed by atoms with Crippen molar-refractivity contribution in [3.63, 3.8) is 0 Å². The second-order valence-corrected chi connectivity index (χ2v) is 8.02. The van der Waals surface area contributed by atoms with Crippen LogP contribution >= 0.6 is 0 Å². The monoisotopic (exact) mass is 400 g/mol. The molecule has 2 aliphatic heterocycles. The molecule has 1 unspecified atom stereocenters. The quantitative estimate of drug-likeness (QED) is 0.787. The molecule has 4 heterocycles. The Morgan fingerprint density at radius 2 is 1.72 bits per heavy atom. The van der Waals surface area contributed by atoms with Crippen molar-refractivity contribution in [1.29, 1.82) is 0 Å². The molecule has 10 nitrogen and oxygen atoms in total. The number of morpholine rings is 1. The minimum atomic E-state index is -0.692. The second-order valence-electron chi connectivity index (χ2n) is 8.02. The highest BCUT2D eigenvalue weighted by molar-refractivity contribution is 5.47. The molecule has 2 aromatic rings. The molecule has 2 saturated heterocycles. The van der Waals surface area contributed by atoms with Crippen LogP contribution in [-0.2, 0) is 4.74 Å². The lowest BCUT2D eigenvalue weighted by molar-refractivity contribution is 0.122. The summed E-state index contributed by atoms with van der Waals surface area (Å²) in [7, 11) is 0. The number of rotatable bonds is 4. The highest BCUT2D eigenvalue weighted by Crippen LogP contribution is 2.28. The lowest BCUT2D eigenvalue weighted by atomic mass is 9.99. The highest BCUT2D eigenvalue weighted by Gasteiger charge is 2.36. The maximum Gasteiger partial charge on any atom is 0.230 e. The molecular formula is C19H28N8O2. The summed E-state index contributed by atoms with van der Waals surface area (Å²) in [5, 5.41) is 9.81. The van der Waals surface area contributed by atoms with Gasteiger partial charge in [0.25, 0.3) is 0 Å². The zero-order valence-corrected chi connectivity index (χ0v) is 17.2. The zero-order chi connectivity index (χ0) is 20.4. The second kappa shape index (κ2) is 8.03. The maximum absolute atomic E-state index is 9.81. The Kier molecular flexibility index (Phi) is 5.46. The number of hydrogen-bond acceptors (Lipinski definition) is 10. The lowest BCUT2D eigenvalue weighted by Gasteiger charge is -2.47. The van der Waals surface area contributed by atoms with E-state index in [2.05, 4.69) is 48.5 Å².